The molecule has 4 saturated carbocycles. The van der Waals surface area contributed by atoms with Gasteiger partial charge in [0.25, 0.3) is 0 Å². The SMILES string of the molecule is CC(=O)O[C@H]1CC[C@]2(C)C3=CC[C@@]4(C)C5CC[C@@H](C(C)C)[C@@]5(C)CC[C@]4(C)C3CC[C@H]2C1(C)C. The topological polar surface area (TPSA) is 26.3 Å². The van der Waals surface area contributed by atoms with Crippen LogP contribution in [0.5, 0.6) is 0 Å². The Morgan fingerprint density at radius 1 is 0.882 bits per heavy atom. The zero-order chi connectivity index (χ0) is 24.9. The van der Waals surface area contributed by atoms with Crippen LogP contribution in [0.15, 0.2) is 11.6 Å². The van der Waals surface area contributed by atoms with Gasteiger partial charge in [0.15, 0.2) is 0 Å². The molecule has 2 unspecified atom stereocenters. The van der Waals surface area contributed by atoms with Gasteiger partial charge in [-0.05, 0) is 109 Å². The molecule has 0 saturated heterocycles. The minimum atomic E-state index is -0.114. The van der Waals surface area contributed by atoms with Crippen LogP contribution in [0, 0.1) is 56.7 Å². The summed E-state index contributed by atoms with van der Waals surface area (Å²) >= 11 is 0. The maximum Gasteiger partial charge on any atom is 0.302 e. The summed E-state index contributed by atoms with van der Waals surface area (Å²) in [5.41, 5.74) is 3.46. The van der Waals surface area contributed by atoms with Crippen LogP contribution < -0.4 is 0 Å². The first-order valence-corrected chi connectivity index (χ1v) is 14.6. The van der Waals surface area contributed by atoms with E-state index in [0.29, 0.717) is 22.2 Å². The van der Waals surface area contributed by atoms with E-state index >= 15 is 0 Å². The van der Waals surface area contributed by atoms with Crippen LogP contribution in [0.1, 0.15) is 120 Å². The van der Waals surface area contributed by atoms with E-state index in [1.807, 2.05) is 0 Å². The maximum absolute atomic E-state index is 11.9. The summed E-state index contributed by atoms with van der Waals surface area (Å²) in [7, 11) is 0. The monoisotopic (exact) mass is 468 g/mol. The number of ether oxygens (including phenoxy) is 1. The molecular weight excluding hydrogens is 416 g/mol. The van der Waals surface area contributed by atoms with Gasteiger partial charge < -0.3 is 4.74 Å². The minimum absolute atomic E-state index is 0.0349. The van der Waals surface area contributed by atoms with Gasteiger partial charge in [-0.25, -0.2) is 0 Å². The Balaban J connectivity index is 1.51. The van der Waals surface area contributed by atoms with Crippen molar-refractivity contribution in [1.29, 1.82) is 0 Å². The minimum Gasteiger partial charge on any atom is -0.462 e. The summed E-state index contributed by atoms with van der Waals surface area (Å²) in [4.78, 5) is 11.9. The summed E-state index contributed by atoms with van der Waals surface area (Å²) in [5.74, 6) is 3.79. The fourth-order valence-corrected chi connectivity index (χ4v) is 11.6. The highest BCUT2D eigenvalue weighted by atomic mass is 16.5. The number of esters is 1. The molecule has 9 atom stereocenters. The smallest absolute Gasteiger partial charge is 0.302 e. The lowest BCUT2D eigenvalue weighted by Gasteiger charge is -2.69. The molecule has 0 aromatic carbocycles. The highest BCUT2D eigenvalue weighted by Gasteiger charge is 2.68. The van der Waals surface area contributed by atoms with E-state index in [0.717, 1.165) is 30.1 Å². The number of hydrogen-bond donors (Lipinski definition) is 0. The summed E-state index contributed by atoms with van der Waals surface area (Å²) in [6.07, 6.45) is 14.6. The Kier molecular flexibility index (Phi) is 5.57. The zero-order valence-corrected chi connectivity index (χ0v) is 23.7. The average molecular weight is 469 g/mol. The lowest BCUT2D eigenvalue weighted by atomic mass is 9.35. The Bertz CT molecular complexity index is 883. The van der Waals surface area contributed by atoms with Crippen LogP contribution in [-0.4, -0.2) is 12.1 Å². The number of allylic oxidation sites excluding steroid dienone is 2. The van der Waals surface area contributed by atoms with Gasteiger partial charge in [-0.1, -0.05) is 67.0 Å². The number of hydrogen-bond acceptors (Lipinski definition) is 2. The second-order valence-corrected chi connectivity index (χ2v) is 15.2. The molecule has 0 N–H and O–H groups in total. The van der Waals surface area contributed by atoms with E-state index in [9.17, 15) is 4.79 Å². The van der Waals surface area contributed by atoms with E-state index in [-0.39, 0.29) is 22.9 Å². The second-order valence-electron chi connectivity index (χ2n) is 15.2. The quantitative estimate of drug-likeness (QED) is 0.299. The summed E-state index contributed by atoms with van der Waals surface area (Å²) < 4.78 is 5.89. The van der Waals surface area contributed by atoms with Crippen molar-refractivity contribution in [3.8, 4) is 0 Å². The average Bonchev–Trinajstić information content (AvgIpc) is 3.10. The molecular formula is C32H52O2. The van der Waals surface area contributed by atoms with E-state index in [4.69, 9.17) is 4.74 Å². The summed E-state index contributed by atoms with van der Waals surface area (Å²) in [6.45, 7) is 22.0. The van der Waals surface area contributed by atoms with Crippen molar-refractivity contribution in [1.82, 2.24) is 0 Å². The fraction of sp³-hybridized carbons (Fsp3) is 0.906. The molecule has 5 aliphatic rings. The van der Waals surface area contributed by atoms with Crippen LogP contribution in [0.25, 0.3) is 0 Å². The standard InChI is InChI=1S/C32H52O2/c1-20(2)22-10-13-26-30(22,7)18-19-31(8)24-11-12-25-28(4,5)27(34-21(3)33)15-16-29(25,6)23(24)14-17-32(26,31)9/h14,20,22,24-27H,10-13,15-19H2,1-9H3/t22-,24?,25-,26?,27-,29+,30+,31+,32-/m0/s1. The van der Waals surface area contributed by atoms with Crippen LogP contribution in [0.4, 0.5) is 0 Å². The molecule has 192 valence electrons. The Hall–Kier alpha value is -0.790. The molecule has 4 fully saturated rings. The molecule has 0 aromatic rings. The third kappa shape index (κ3) is 3.01. The Morgan fingerprint density at radius 3 is 2.21 bits per heavy atom. The molecule has 0 amide bonds. The Labute approximate surface area is 210 Å². The molecule has 2 heteroatoms. The van der Waals surface area contributed by atoms with Gasteiger partial charge in [-0.2, -0.15) is 0 Å². The molecule has 5 rings (SSSR count). The lowest BCUT2D eigenvalue weighted by Crippen LogP contribution is -2.62. The van der Waals surface area contributed by atoms with Crippen LogP contribution in [-0.2, 0) is 9.53 Å². The van der Waals surface area contributed by atoms with Crippen molar-refractivity contribution in [2.24, 2.45) is 56.7 Å². The molecule has 0 heterocycles. The van der Waals surface area contributed by atoms with Crippen molar-refractivity contribution < 1.29 is 9.53 Å². The van der Waals surface area contributed by atoms with Crippen LogP contribution >= 0.6 is 0 Å². The third-order valence-electron chi connectivity index (χ3n) is 13.5. The number of rotatable bonds is 2. The fourth-order valence-electron chi connectivity index (χ4n) is 11.6. The van der Waals surface area contributed by atoms with Crippen molar-refractivity contribution >= 4 is 5.97 Å². The molecule has 0 aliphatic heterocycles. The normalized spacial score (nSPS) is 51.6. The molecule has 0 bridgehead atoms. The highest BCUT2D eigenvalue weighted by Crippen LogP contribution is 2.76. The number of fused-ring (bicyclic) bond motifs is 7. The predicted molar refractivity (Wildman–Crippen MR) is 140 cm³/mol. The van der Waals surface area contributed by atoms with Gasteiger partial charge in [0.2, 0.25) is 0 Å². The molecule has 0 spiro atoms. The first kappa shape index (κ1) is 24.9. The predicted octanol–water partition coefficient (Wildman–Crippen LogP) is 8.60. The van der Waals surface area contributed by atoms with Gasteiger partial charge in [0.1, 0.15) is 6.10 Å². The van der Waals surface area contributed by atoms with Crippen molar-refractivity contribution in [3.05, 3.63) is 11.6 Å². The van der Waals surface area contributed by atoms with Crippen LogP contribution in [0.3, 0.4) is 0 Å². The summed E-state index contributed by atoms with van der Waals surface area (Å²) in [5, 5.41) is 0. The van der Waals surface area contributed by atoms with Gasteiger partial charge in [-0.3, -0.25) is 4.79 Å². The molecule has 2 nitrogen and oxygen atoms in total. The van der Waals surface area contributed by atoms with Crippen molar-refractivity contribution in [2.75, 3.05) is 0 Å². The van der Waals surface area contributed by atoms with Gasteiger partial charge in [0, 0.05) is 12.3 Å². The van der Waals surface area contributed by atoms with Gasteiger partial charge in [0.05, 0.1) is 0 Å². The molecule has 0 radical (unpaired) electrons. The van der Waals surface area contributed by atoms with Gasteiger partial charge in [-0.15, -0.1) is 0 Å². The largest absolute Gasteiger partial charge is 0.462 e. The zero-order valence-electron chi connectivity index (χ0n) is 23.7. The molecule has 5 aliphatic carbocycles. The Morgan fingerprint density at radius 2 is 1.56 bits per heavy atom. The molecule has 0 aromatic heterocycles. The first-order valence-electron chi connectivity index (χ1n) is 14.6. The maximum atomic E-state index is 11.9. The van der Waals surface area contributed by atoms with E-state index in [1.165, 1.54) is 51.4 Å². The van der Waals surface area contributed by atoms with E-state index in [1.54, 1.807) is 12.5 Å². The van der Waals surface area contributed by atoms with E-state index < -0.39 is 0 Å². The number of carbonyl (C=O) groups excluding carboxylic acids is 1. The summed E-state index contributed by atoms with van der Waals surface area (Å²) in [6, 6.07) is 0. The van der Waals surface area contributed by atoms with Crippen LogP contribution in [0.2, 0.25) is 0 Å². The lowest BCUT2D eigenvalue weighted by molar-refractivity contribution is -0.179. The van der Waals surface area contributed by atoms with Crippen molar-refractivity contribution in [2.45, 2.75) is 126 Å². The first-order chi connectivity index (χ1) is 15.7. The van der Waals surface area contributed by atoms with Crippen molar-refractivity contribution in [3.63, 3.8) is 0 Å². The van der Waals surface area contributed by atoms with Gasteiger partial charge >= 0.3 is 5.97 Å². The molecule has 34 heavy (non-hydrogen) atoms. The highest BCUT2D eigenvalue weighted by molar-refractivity contribution is 5.66. The third-order valence-corrected chi connectivity index (χ3v) is 13.5. The second kappa shape index (κ2) is 7.61. The van der Waals surface area contributed by atoms with E-state index in [2.05, 4.69) is 61.5 Å². The number of carbonyl (C=O) groups is 1.